The number of aliphatic hydroxyl groups excluding tert-OH is 1. The van der Waals surface area contributed by atoms with Crippen molar-refractivity contribution < 1.29 is 44.1 Å². The molecule has 1 aliphatic carbocycles. The van der Waals surface area contributed by atoms with E-state index in [4.69, 9.17) is 0 Å². The second-order valence-electron chi connectivity index (χ2n) is 16.7. The third-order valence-corrected chi connectivity index (χ3v) is 11.6. The van der Waals surface area contributed by atoms with Crippen LogP contribution >= 0.6 is 0 Å². The number of phenols is 1. The number of carboxylic acid groups (broad SMARTS) is 1. The van der Waals surface area contributed by atoms with Crippen LogP contribution in [0.1, 0.15) is 138 Å². The number of carboxylic acids is 1. The van der Waals surface area contributed by atoms with Crippen molar-refractivity contribution in [2.45, 2.75) is 140 Å². The largest absolute Gasteiger partial charge is 0.507 e. The van der Waals surface area contributed by atoms with Crippen LogP contribution in [0.2, 0.25) is 0 Å². The van der Waals surface area contributed by atoms with Gasteiger partial charge in [0, 0.05) is 31.1 Å². The Morgan fingerprint density at radius 3 is 2.10 bits per heavy atom. The molecule has 2 aromatic rings. The number of amides is 5. The normalized spacial score (nSPS) is 16.8. The number of hydrogen-bond donors (Lipinski definition) is 8. The number of hydrogen-bond acceptors (Lipinski definition) is 9. The van der Waals surface area contributed by atoms with E-state index in [0.29, 0.717) is 28.7 Å². The Morgan fingerprint density at radius 1 is 0.839 bits per heavy atom. The third-order valence-electron chi connectivity index (χ3n) is 11.6. The molecule has 62 heavy (non-hydrogen) atoms. The number of nitrogens with zero attached hydrogens (tertiary/aromatic N) is 1. The summed E-state index contributed by atoms with van der Waals surface area (Å²) >= 11 is 0. The lowest BCUT2D eigenvalue weighted by Crippen LogP contribution is -2.50. The van der Waals surface area contributed by atoms with E-state index in [0.717, 1.165) is 49.0 Å². The van der Waals surface area contributed by atoms with Gasteiger partial charge in [0.2, 0.25) is 29.5 Å². The molecule has 0 aromatic heterocycles. The fourth-order valence-corrected chi connectivity index (χ4v) is 7.78. The van der Waals surface area contributed by atoms with Gasteiger partial charge in [-0.3, -0.25) is 24.0 Å². The first-order chi connectivity index (χ1) is 29.8. The molecule has 15 nitrogen and oxygen atoms in total. The zero-order valence-electron chi connectivity index (χ0n) is 36.6. The van der Waals surface area contributed by atoms with Gasteiger partial charge < -0.3 is 46.8 Å². The summed E-state index contributed by atoms with van der Waals surface area (Å²) in [5, 5.41) is 43.9. The van der Waals surface area contributed by atoms with E-state index in [-0.39, 0.29) is 36.2 Å². The number of aliphatic hydroxyl groups is 1. The number of unbranched alkanes of at least 4 members (excludes halogenated alkanes) is 12. The minimum atomic E-state index is -1.31. The number of likely N-dealkylation sites (N-methyl/N-ethyl adjacent to an activating group) is 1. The highest BCUT2D eigenvalue weighted by Gasteiger charge is 2.33. The van der Waals surface area contributed by atoms with Crippen molar-refractivity contribution in [2.75, 3.05) is 33.3 Å². The molecule has 2 aromatic carbocycles. The number of carbonyl (C=O) groups is 6. The second-order valence-corrected chi connectivity index (χ2v) is 16.7. The first-order valence-corrected chi connectivity index (χ1v) is 22.4. The van der Waals surface area contributed by atoms with Gasteiger partial charge in [-0.05, 0) is 65.6 Å². The molecule has 1 aliphatic heterocycles. The van der Waals surface area contributed by atoms with Gasteiger partial charge in [0.05, 0.1) is 32.3 Å². The van der Waals surface area contributed by atoms with E-state index in [1.165, 1.54) is 70.9 Å². The number of benzene rings is 2. The standard InChI is InChI=1S/C47H68N6O9/c1-4-5-6-7-8-9-10-11-12-13-14-15-16-17-41(56)52-39(30-54)31(2)48-27-42(57)49-29-44(59)53(3)45-34-21-22-35(33-19-20-33)36(26-34)37-24-32(18-23-40(37)55)25-38(47(61)62)51-43(58)28-50-46(45)60/h18,21-24,26,33,38-39,45,48,54-55H,2,4-17,19-20,25,27-30H2,1,3H3,(H,49,57)(H,50,60)(H,51,58)(H,52,56)(H,61,62). The summed E-state index contributed by atoms with van der Waals surface area (Å²) in [5.74, 6) is -4.03. The van der Waals surface area contributed by atoms with Crippen LogP contribution in [0.4, 0.5) is 0 Å². The Morgan fingerprint density at radius 2 is 1.48 bits per heavy atom. The van der Waals surface area contributed by atoms with Crippen molar-refractivity contribution in [2.24, 2.45) is 0 Å². The average Bonchev–Trinajstić information content (AvgIpc) is 4.10. The van der Waals surface area contributed by atoms with Crippen molar-refractivity contribution in [3.63, 3.8) is 0 Å². The molecule has 1 fully saturated rings. The van der Waals surface area contributed by atoms with Crippen LogP contribution in [0.5, 0.6) is 5.75 Å². The molecule has 8 N–H and O–H groups in total. The molecule has 4 bridgehead atoms. The lowest BCUT2D eigenvalue weighted by Gasteiger charge is -2.29. The zero-order valence-corrected chi connectivity index (χ0v) is 36.6. The fourth-order valence-electron chi connectivity index (χ4n) is 7.78. The van der Waals surface area contributed by atoms with Gasteiger partial charge in [-0.25, -0.2) is 4.79 Å². The molecule has 3 atom stereocenters. The van der Waals surface area contributed by atoms with Gasteiger partial charge in [-0.2, -0.15) is 0 Å². The molecular weight excluding hydrogens is 793 g/mol. The Hall–Kier alpha value is -5.44. The lowest BCUT2D eigenvalue weighted by atomic mass is 9.90. The summed E-state index contributed by atoms with van der Waals surface area (Å²) in [6.45, 7) is 4.31. The lowest BCUT2D eigenvalue weighted by molar-refractivity contribution is -0.142. The maximum Gasteiger partial charge on any atom is 0.326 e. The molecule has 340 valence electrons. The van der Waals surface area contributed by atoms with E-state index >= 15 is 0 Å². The highest BCUT2D eigenvalue weighted by molar-refractivity contribution is 5.94. The van der Waals surface area contributed by atoms with E-state index in [1.54, 1.807) is 24.3 Å². The van der Waals surface area contributed by atoms with Crippen LogP contribution < -0.4 is 26.6 Å². The average molecular weight is 861 g/mol. The van der Waals surface area contributed by atoms with Crippen LogP contribution in [-0.4, -0.2) is 101 Å². The van der Waals surface area contributed by atoms with Gasteiger partial charge >= 0.3 is 5.97 Å². The molecule has 2 aliphatic rings. The van der Waals surface area contributed by atoms with Crippen molar-refractivity contribution in [3.8, 4) is 16.9 Å². The van der Waals surface area contributed by atoms with Crippen molar-refractivity contribution in [1.82, 2.24) is 31.5 Å². The summed E-state index contributed by atoms with van der Waals surface area (Å²) in [5.41, 5.74) is 3.16. The Labute approximate surface area is 365 Å². The number of rotatable bonds is 25. The molecule has 4 rings (SSSR count). The molecule has 5 amide bonds. The predicted octanol–water partition coefficient (Wildman–Crippen LogP) is 4.86. The minimum Gasteiger partial charge on any atom is -0.507 e. The monoisotopic (exact) mass is 861 g/mol. The predicted molar refractivity (Wildman–Crippen MR) is 237 cm³/mol. The molecule has 0 spiro atoms. The quantitative estimate of drug-likeness (QED) is 0.0633. The maximum atomic E-state index is 13.8. The van der Waals surface area contributed by atoms with Gasteiger partial charge in [0.1, 0.15) is 17.8 Å². The molecule has 1 saturated carbocycles. The zero-order chi connectivity index (χ0) is 45.0. The van der Waals surface area contributed by atoms with E-state index in [9.17, 15) is 44.1 Å². The topological polar surface area (TPSA) is 226 Å². The number of aliphatic carboxylic acids is 1. The SMILES string of the molecule is C=C(NCC(=O)NCC(=O)N(C)C1C(=O)NCC(=O)NC(C(=O)O)Cc2ccc(O)c(c2)-c2cc1ccc2C1CC1)C(CO)NC(=O)CCCCCCCCCCCCCCC. The number of fused-ring (bicyclic) bond motifs is 5. The second kappa shape index (κ2) is 25.5. The maximum absolute atomic E-state index is 13.8. The molecule has 1 heterocycles. The Kier molecular flexibility index (Phi) is 20.2. The van der Waals surface area contributed by atoms with Gasteiger partial charge in [0.25, 0.3) is 0 Å². The first-order valence-electron chi connectivity index (χ1n) is 22.4. The van der Waals surface area contributed by atoms with Crippen molar-refractivity contribution in [1.29, 1.82) is 0 Å². The molecule has 0 saturated heterocycles. The van der Waals surface area contributed by atoms with Gasteiger partial charge in [-0.1, -0.05) is 109 Å². The van der Waals surface area contributed by atoms with Crippen LogP contribution in [0.25, 0.3) is 11.1 Å². The molecular formula is C47H68N6O9. The van der Waals surface area contributed by atoms with Crippen LogP contribution in [0.3, 0.4) is 0 Å². The van der Waals surface area contributed by atoms with E-state index in [2.05, 4.69) is 40.1 Å². The van der Waals surface area contributed by atoms with Gasteiger partial charge in [-0.15, -0.1) is 0 Å². The summed E-state index contributed by atoms with van der Waals surface area (Å²) in [7, 11) is 1.39. The van der Waals surface area contributed by atoms with Gasteiger partial charge in [0.15, 0.2) is 0 Å². The third kappa shape index (κ3) is 15.8. The molecule has 0 radical (unpaired) electrons. The summed E-state index contributed by atoms with van der Waals surface area (Å²) in [4.78, 5) is 79.0. The molecule has 3 unspecified atom stereocenters. The van der Waals surface area contributed by atoms with E-state index < -0.39 is 67.4 Å². The summed E-state index contributed by atoms with van der Waals surface area (Å²) in [6.07, 6.45) is 17.7. The number of carbonyl (C=O) groups excluding carboxylic acids is 5. The van der Waals surface area contributed by atoms with Crippen LogP contribution in [0.15, 0.2) is 48.7 Å². The summed E-state index contributed by atoms with van der Waals surface area (Å²) < 4.78 is 0. The Balaban J connectivity index is 1.29. The number of phenolic OH excluding ortho intramolecular Hbond substituents is 1. The minimum absolute atomic E-state index is 0.0575. The van der Waals surface area contributed by atoms with Crippen molar-refractivity contribution >= 4 is 35.5 Å². The fraction of sp³-hybridized carbons (Fsp3) is 0.574. The highest BCUT2D eigenvalue weighted by Crippen LogP contribution is 2.47. The highest BCUT2D eigenvalue weighted by atomic mass is 16.4. The summed E-state index contributed by atoms with van der Waals surface area (Å²) in [6, 6.07) is 6.63. The Bertz CT molecular complexity index is 1860. The number of nitrogens with one attached hydrogen (secondary N) is 5. The number of aromatic hydroxyl groups is 1. The molecule has 15 heteroatoms. The van der Waals surface area contributed by atoms with Crippen molar-refractivity contribution in [3.05, 3.63) is 65.4 Å². The first kappa shape index (κ1) is 49.2. The van der Waals surface area contributed by atoms with Crippen LogP contribution in [-0.2, 0) is 35.2 Å². The smallest absolute Gasteiger partial charge is 0.326 e. The van der Waals surface area contributed by atoms with E-state index in [1.807, 2.05) is 6.07 Å². The van der Waals surface area contributed by atoms with Crippen LogP contribution in [0, 0.1) is 0 Å².